The number of aromatic nitrogens is 1. The molecule has 1 atom stereocenters. The van der Waals surface area contributed by atoms with Crippen LogP contribution in [0.5, 0.6) is 23.0 Å². The van der Waals surface area contributed by atoms with E-state index >= 15 is 0 Å². The van der Waals surface area contributed by atoms with Gasteiger partial charge in [-0.25, -0.2) is 9.79 Å². The molecule has 1 aliphatic rings. The lowest BCUT2D eigenvalue weighted by Gasteiger charge is -2.25. The van der Waals surface area contributed by atoms with Crippen LogP contribution in [-0.2, 0) is 20.9 Å². The SMILES string of the molecule is CCOC(=O)C1=C(C)N=c2s/c(=C/c3ccc(OCc4ccccc4)c(OC)c3)c(=O)n2C1c1ccc(OC(C)=O)c(OC)c1. The molecule has 0 radical (unpaired) electrons. The first kappa shape index (κ1) is 31.3. The van der Waals surface area contributed by atoms with Crippen molar-refractivity contribution in [3.63, 3.8) is 0 Å². The zero-order valence-electron chi connectivity index (χ0n) is 25.5. The van der Waals surface area contributed by atoms with Crippen LogP contribution in [0.15, 0.2) is 87.8 Å². The molecule has 3 aromatic carbocycles. The molecule has 11 heteroatoms. The molecule has 45 heavy (non-hydrogen) atoms. The summed E-state index contributed by atoms with van der Waals surface area (Å²) in [5.41, 5.74) is 2.60. The summed E-state index contributed by atoms with van der Waals surface area (Å²) in [5, 5.41) is 0. The van der Waals surface area contributed by atoms with Gasteiger partial charge in [-0.15, -0.1) is 0 Å². The quantitative estimate of drug-likeness (QED) is 0.189. The van der Waals surface area contributed by atoms with Crippen molar-refractivity contribution in [1.82, 2.24) is 4.57 Å². The molecule has 0 fully saturated rings. The third-order valence-electron chi connectivity index (χ3n) is 7.00. The van der Waals surface area contributed by atoms with Crippen LogP contribution < -0.4 is 33.8 Å². The van der Waals surface area contributed by atoms with E-state index in [4.69, 9.17) is 23.7 Å². The highest BCUT2D eigenvalue weighted by atomic mass is 32.1. The van der Waals surface area contributed by atoms with Gasteiger partial charge in [-0.1, -0.05) is 53.8 Å². The van der Waals surface area contributed by atoms with Crippen molar-refractivity contribution in [3.8, 4) is 23.0 Å². The summed E-state index contributed by atoms with van der Waals surface area (Å²) in [6.45, 7) is 5.23. The molecule has 0 N–H and O–H groups in total. The predicted molar refractivity (Wildman–Crippen MR) is 168 cm³/mol. The molecule has 1 aliphatic heterocycles. The van der Waals surface area contributed by atoms with Gasteiger partial charge in [0.05, 0.1) is 42.7 Å². The molecule has 5 rings (SSSR count). The second kappa shape index (κ2) is 13.6. The van der Waals surface area contributed by atoms with E-state index in [0.717, 1.165) is 11.1 Å². The number of benzene rings is 3. The van der Waals surface area contributed by atoms with Gasteiger partial charge in [0.1, 0.15) is 6.61 Å². The second-order valence-electron chi connectivity index (χ2n) is 9.99. The molecule has 0 bridgehead atoms. The maximum Gasteiger partial charge on any atom is 0.338 e. The molecule has 232 valence electrons. The van der Waals surface area contributed by atoms with Gasteiger partial charge in [0.2, 0.25) is 0 Å². The Morgan fingerprint density at radius 1 is 0.956 bits per heavy atom. The number of hydrogen-bond donors (Lipinski definition) is 0. The summed E-state index contributed by atoms with van der Waals surface area (Å²) in [6, 6.07) is 19.3. The van der Waals surface area contributed by atoms with Gasteiger partial charge in [0.25, 0.3) is 5.56 Å². The van der Waals surface area contributed by atoms with Gasteiger partial charge in [-0.2, -0.15) is 0 Å². The highest BCUT2D eigenvalue weighted by molar-refractivity contribution is 7.07. The van der Waals surface area contributed by atoms with E-state index in [1.165, 1.54) is 29.9 Å². The number of nitrogens with zero attached hydrogens (tertiary/aromatic N) is 2. The van der Waals surface area contributed by atoms with Gasteiger partial charge in [0, 0.05) is 6.92 Å². The lowest BCUT2D eigenvalue weighted by Crippen LogP contribution is -2.40. The maximum atomic E-state index is 14.0. The lowest BCUT2D eigenvalue weighted by molar-refractivity contribution is -0.139. The molecular formula is C34H32N2O8S. The Bertz CT molecular complexity index is 1960. The molecule has 2 heterocycles. The molecule has 0 saturated heterocycles. The highest BCUT2D eigenvalue weighted by Gasteiger charge is 2.34. The first-order valence-electron chi connectivity index (χ1n) is 14.1. The fourth-order valence-electron chi connectivity index (χ4n) is 4.98. The molecule has 4 aromatic rings. The molecule has 1 unspecified atom stereocenters. The largest absolute Gasteiger partial charge is 0.493 e. The Balaban J connectivity index is 1.58. The molecule has 10 nitrogen and oxygen atoms in total. The van der Waals surface area contributed by atoms with E-state index in [-0.39, 0.29) is 29.2 Å². The first-order valence-corrected chi connectivity index (χ1v) is 15.0. The molecule has 0 saturated carbocycles. The summed E-state index contributed by atoms with van der Waals surface area (Å²) in [6.07, 6.45) is 1.75. The maximum absolute atomic E-state index is 14.0. The van der Waals surface area contributed by atoms with Crippen molar-refractivity contribution in [1.29, 1.82) is 0 Å². The van der Waals surface area contributed by atoms with Crippen molar-refractivity contribution in [3.05, 3.63) is 114 Å². The zero-order valence-corrected chi connectivity index (χ0v) is 26.3. The summed E-state index contributed by atoms with van der Waals surface area (Å²) in [5.74, 6) is 0.474. The van der Waals surface area contributed by atoms with Crippen LogP contribution in [0, 0.1) is 0 Å². The van der Waals surface area contributed by atoms with Crippen LogP contribution in [0.1, 0.15) is 43.5 Å². The normalized spacial score (nSPS) is 14.3. The van der Waals surface area contributed by atoms with Crippen LogP contribution in [0.4, 0.5) is 0 Å². The molecule has 0 amide bonds. The number of fused-ring (bicyclic) bond motifs is 1. The zero-order chi connectivity index (χ0) is 32.1. The standard InChI is InChI=1S/C34H32N2O8S/c1-6-42-33(39)30-20(2)35-34-36(31(30)24-13-15-26(44-21(3)37)28(18-24)41-5)32(38)29(45-34)17-23-12-14-25(27(16-23)40-4)43-19-22-10-8-7-9-11-22/h7-18,31H,6,19H2,1-5H3/b29-17+. The first-order chi connectivity index (χ1) is 21.7. The Hall–Kier alpha value is -5.16. The highest BCUT2D eigenvalue weighted by Crippen LogP contribution is 2.36. The van der Waals surface area contributed by atoms with Crippen molar-refractivity contribution >= 4 is 29.4 Å². The number of rotatable bonds is 10. The second-order valence-corrected chi connectivity index (χ2v) is 11.0. The minimum Gasteiger partial charge on any atom is -0.493 e. The topological polar surface area (TPSA) is 115 Å². The van der Waals surface area contributed by atoms with Crippen LogP contribution in [0.3, 0.4) is 0 Å². The van der Waals surface area contributed by atoms with Gasteiger partial charge in [-0.05, 0) is 60.9 Å². The van der Waals surface area contributed by atoms with Crippen molar-refractivity contribution in [2.45, 2.75) is 33.4 Å². The van der Waals surface area contributed by atoms with Crippen molar-refractivity contribution in [2.24, 2.45) is 4.99 Å². The number of carbonyl (C=O) groups excluding carboxylic acids is 2. The molecule has 0 spiro atoms. The van der Waals surface area contributed by atoms with Gasteiger partial charge in [0.15, 0.2) is 27.8 Å². The van der Waals surface area contributed by atoms with E-state index in [9.17, 15) is 14.4 Å². The van der Waals surface area contributed by atoms with E-state index in [1.807, 2.05) is 36.4 Å². The van der Waals surface area contributed by atoms with Crippen LogP contribution >= 0.6 is 11.3 Å². The summed E-state index contributed by atoms with van der Waals surface area (Å²) >= 11 is 1.20. The van der Waals surface area contributed by atoms with Crippen molar-refractivity contribution in [2.75, 3.05) is 20.8 Å². The van der Waals surface area contributed by atoms with Gasteiger partial charge in [-0.3, -0.25) is 14.2 Å². The Morgan fingerprint density at radius 3 is 2.36 bits per heavy atom. The molecular weight excluding hydrogens is 596 g/mol. The third kappa shape index (κ3) is 6.68. The summed E-state index contributed by atoms with van der Waals surface area (Å²) in [7, 11) is 3.00. The van der Waals surface area contributed by atoms with Crippen LogP contribution in [0.25, 0.3) is 6.08 Å². The Labute approximate surface area is 263 Å². The fourth-order valence-corrected chi connectivity index (χ4v) is 6.03. The van der Waals surface area contributed by atoms with Crippen molar-refractivity contribution < 1.29 is 33.3 Å². The monoisotopic (exact) mass is 628 g/mol. The Morgan fingerprint density at radius 2 is 1.67 bits per heavy atom. The van der Waals surface area contributed by atoms with Crippen LogP contribution in [0.2, 0.25) is 0 Å². The van der Waals surface area contributed by atoms with Gasteiger partial charge < -0.3 is 23.7 Å². The predicted octanol–water partition coefficient (Wildman–Crippen LogP) is 4.32. The minimum atomic E-state index is -0.869. The number of allylic oxidation sites excluding steroid dienone is 1. The van der Waals surface area contributed by atoms with E-state index in [2.05, 4.69) is 4.99 Å². The Kier molecular flexibility index (Phi) is 9.48. The fraction of sp³-hybridized carbons (Fsp3) is 0.235. The number of ether oxygens (including phenoxy) is 5. The summed E-state index contributed by atoms with van der Waals surface area (Å²) in [4.78, 5) is 43.9. The summed E-state index contributed by atoms with van der Waals surface area (Å²) < 4.78 is 29.6. The number of esters is 2. The van der Waals surface area contributed by atoms with E-state index < -0.39 is 18.0 Å². The van der Waals surface area contributed by atoms with E-state index in [0.29, 0.717) is 38.7 Å². The molecule has 0 aliphatic carbocycles. The number of methoxy groups -OCH3 is 2. The number of hydrogen-bond acceptors (Lipinski definition) is 10. The lowest BCUT2D eigenvalue weighted by atomic mass is 9.95. The number of thiazole rings is 1. The molecule has 1 aromatic heterocycles. The average molecular weight is 629 g/mol. The van der Waals surface area contributed by atoms with E-state index in [1.54, 1.807) is 57.4 Å². The smallest absolute Gasteiger partial charge is 0.338 e. The third-order valence-corrected chi connectivity index (χ3v) is 7.98. The van der Waals surface area contributed by atoms with Crippen LogP contribution in [-0.4, -0.2) is 37.3 Å². The van der Waals surface area contributed by atoms with Gasteiger partial charge >= 0.3 is 11.9 Å². The minimum absolute atomic E-state index is 0.147. The number of carbonyl (C=O) groups is 2. The average Bonchev–Trinajstić information content (AvgIpc) is 3.33.